The summed E-state index contributed by atoms with van der Waals surface area (Å²) >= 11 is 0. The van der Waals surface area contributed by atoms with Gasteiger partial charge >= 0.3 is 0 Å². The van der Waals surface area contributed by atoms with Gasteiger partial charge in [-0.2, -0.15) is 5.10 Å². The lowest BCUT2D eigenvalue weighted by molar-refractivity contribution is 0.216. The van der Waals surface area contributed by atoms with Crippen LogP contribution in [-0.4, -0.2) is 27.5 Å². The van der Waals surface area contributed by atoms with Crippen molar-refractivity contribution in [3.8, 4) is 0 Å². The van der Waals surface area contributed by atoms with E-state index in [0.29, 0.717) is 12.0 Å². The van der Waals surface area contributed by atoms with Gasteiger partial charge in [-0.25, -0.2) is 0 Å². The third-order valence-corrected chi connectivity index (χ3v) is 4.24. The molecule has 4 heteroatoms. The summed E-state index contributed by atoms with van der Waals surface area (Å²) in [6, 6.07) is 0.541. The van der Waals surface area contributed by atoms with Crippen LogP contribution in [0, 0.1) is 12.8 Å². The molecule has 2 aliphatic rings. The van der Waals surface area contributed by atoms with Gasteiger partial charge in [0.2, 0.25) is 0 Å². The number of aliphatic hydroxyl groups is 1. The van der Waals surface area contributed by atoms with Crippen LogP contribution >= 0.6 is 0 Å². The second kappa shape index (κ2) is 3.48. The zero-order valence-electron chi connectivity index (χ0n) is 9.90. The first kappa shape index (κ1) is 10.1. The molecule has 0 spiro atoms. The van der Waals surface area contributed by atoms with Crippen LogP contribution in [0.4, 0.5) is 5.82 Å². The number of nitrogens with zero attached hydrogens (tertiary/aromatic N) is 2. The Morgan fingerprint density at radius 1 is 1.50 bits per heavy atom. The maximum absolute atomic E-state index is 9.65. The van der Waals surface area contributed by atoms with E-state index in [0.717, 1.165) is 11.5 Å². The number of nitrogens with one attached hydrogen (secondary N) is 1. The Bertz CT molecular complexity index is 413. The molecular formula is C12H19N3O. The fourth-order valence-corrected chi connectivity index (χ4v) is 3.56. The molecule has 2 heterocycles. The molecule has 1 aromatic heterocycles. The van der Waals surface area contributed by atoms with Gasteiger partial charge in [0.05, 0.1) is 12.3 Å². The summed E-state index contributed by atoms with van der Waals surface area (Å²) in [4.78, 5) is 0. The minimum Gasteiger partial charge on any atom is -0.396 e. The van der Waals surface area contributed by atoms with Gasteiger partial charge < -0.3 is 10.4 Å². The second-order valence-electron chi connectivity index (χ2n) is 5.11. The summed E-state index contributed by atoms with van der Waals surface area (Å²) < 4.78 is 1.92. The van der Waals surface area contributed by atoms with Crippen LogP contribution in [0.15, 0.2) is 0 Å². The summed E-state index contributed by atoms with van der Waals surface area (Å²) in [5.74, 6) is 2.01. The molecule has 4 nitrogen and oxygen atoms in total. The Morgan fingerprint density at radius 3 is 3.06 bits per heavy atom. The molecule has 0 amide bonds. The molecule has 1 aliphatic heterocycles. The van der Waals surface area contributed by atoms with Crippen LogP contribution in [0.25, 0.3) is 0 Å². The fraction of sp³-hybridized carbons (Fsp3) is 0.750. The standard InChI is InChI=1S/C12H19N3O/c1-7-11-9(6-16)8-4-3-5-10(8)13-12(11)15(2)14-7/h8-10,13,16H,3-6H2,1-2H3/t8-,9+,10-/m0/s1. The van der Waals surface area contributed by atoms with Crippen molar-refractivity contribution in [3.05, 3.63) is 11.3 Å². The molecule has 0 aromatic carbocycles. The van der Waals surface area contributed by atoms with E-state index in [1.807, 2.05) is 18.7 Å². The van der Waals surface area contributed by atoms with Crippen LogP contribution < -0.4 is 5.32 Å². The highest BCUT2D eigenvalue weighted by molar-refractivity contribution is 5.54. The van der Waals surface area contributed by atoms with E-state index in [9.17, 15) is 5.11 Å². The minimum absolute atomic E-state index is 0.252. The van der Waals surface area contributed by atoms with Gasteiger partial charge in [0.25, 0.3) is 0 Å². The summed E-state index contributed by atoms with van der Waals surface area (Å²) in [7, 11) is 1.97. The van der Waals surface area contributed by atoms with Crippen molar-refractivity contribution in [2.45, 2.75) is 38.1 Å². The highest BCUT2D eigenvalue weighted by Gasteiger charge is 2.41. The molecule has 16 heavy (non-hydrogen) atoms. The third-order valence-electron chi connectivity index (χ3n) is 4.24. The number of hydrogen-bond donors (Lipinski definition) is 2. The molecule has 1 aliphatic carbocycles. The number of aromatic nitrogens is 2. The van der Waals surface area contributed by atoms with Crippen LogP contribution in [0.2, 0.25) is 0 Å². The number of hydrogen-bond acceptors (Lipinski definition) is 3. The van der Waals surface area contributed by atoms with Crippen molar-refractivity contribution in [1.82, 2.24) is 9.78 Å². The fourth-order valence-electron chi connectivity index (χ4n) is 3.56. The third kappa shape index (κ3) is 1.22. The van der Waals surface area contributed by atoms with E-state index < -0.39 is 0 Å². The number of aliphatic hydroxyl groups excluding tert-OH is 1. The van der Waals surface area contributed by atoms with E-state index in [4.69, 9.17) is 0 Å². The molecule has 0 bridgehead atoms. The zero-order valence-corrected chi connectivity index (χ0v) is 9.90. The first-order chi connectivity index (χ1) is 7.72. The van der Waals surface area contributed by atoms with Crippen molar-refractivity contribution in [3.63, 3.8) is 0 Å². The number of rotatable bonds is 1. The van der Waals surface area contributed by atoms with Gasteiger partial charge in [-0.15, -0.1) is 0 Å². The number of fused-ring (bicyclic) bond motifs is 2. The molecule has 2 N–H and O–H groups in total. The number of anilines is 1. The van der Waals surface area contributed by atoms with Crippen molar-refractivity contribution in [2.75, 3.05) is 11.9 Å². The monoisotopic (exact) mass is 221 g/mol. The van der Waals surface area contributed by atoms with E-state index in [1.165, 1.54) is 24.8 Å². The summed E-state index contributed by atoms with van der Waals surface area (Å²) in [5, 5.41) is 17.7. The molecule has 1 saturated carbocycles. The van der Waals surface area contributed by atoms with E-state index in [1.54, 1.807) is 0 Å². The minimum atomic E-state index is 0.252. The van der Waals surface area contributed by atoms with Crippen molar-refractivity contribution in [2.24, 2.45) is 13.0 Å². The van der Waals surface area contributed by atoms with Gasteiger partial charge in [0.15, 0.2) is 0 Å². The quantitative estimate of drug-likeness (QED) is 0.753. The lowest BCUT2D eigenvalue weighted by atomic mass is 9.80. The molecule has 3 rings (SSSR count). The van der Waals surface area contributed by atoms with Crippen molar-refractivity contribution < 1.29 is 5.11 Å². The van der Waals surface area contributed by atoms with E-state index in [2.05, 4.69) is 10.4 Å². The predicted molar refractivity (Wildman–Crippen MR) is 62.5 cm³/mol. The lowest BCUT2D eigenvalue weighted by Gasteiger charge is -2.34. The SMILES string of the molecule is Cc1nn(C)c2c1[C@H](CO)[C@@H]1CCC[C@@H]1N2. The van der Waals surface area contributed by atoms with Crippen LogP contribution in [0.1, 0.15) is 36.4 Å². The van der Waals surface area contributed by atoms with Crippen LogP contribution in [-0.2, 0) is 7.05 Å². The first-order valence-corrected chi connectivity index (χ1v) is 6.13. The second-order valence-corrected chi connectivity index (χ2v) is 5.11. The van der Waals surface area contributed by atoms with Gasteiger partial charge in [-0.3, -0.25) is 4.68 Å². The number of aryl methyl sites for hydroxylation is 2. The molecular weight excluding hydrogens is 202 g/mol. The largest absolute Gasteiger partial charge is 0.396 e. The normalized spacial score (nSPS) is 32.1. The molecule has 0 radical (unpaired) electrons. The Kier molecular flexibility index (Phi) is 2.21. The predicted octanol–water partition coefficient (Wildman–Crippen LogP) is 1.40. The Labute approximate surface area is 95.7 Å². The molecule has 3 atom stereocenters. The maximum atomic E-state index is 9.65. The van der Waals surface area contributed by atoms with Gasteiger partial charge in [0.1, 0.15) is 5.82 Å². The van der Waals surface area contributed by atoms with Gasteiger partial charge in [-0.1, -0.05) is 6.42 Å². The van der Waals surface area contributed by atoms with Gasteiger partial charge in [0, 0.05) is 24.6 Å². The Balaban J connectivity index is 2.09. The molecule has 0 saturated heterocycles. The maximum Gasteiger partial charge on any atom is 0.128 e. The topological polar surface area (TPSA) is 50.1 Å². The zero-order chi connectivity index (χ0) is 11.3. The van der Waals surface area contributed by atoms with E-state index in [-0.39, 0.29) is 12.5 Å². The van der Waals surface area contributed by atoms with Gasteiger partial charge in [-0.05, 0) is 25.7 Å². The summed E-state index contributed by atoms with van der Waals surface area (Å²) in [5.41, 5.74) is 2.31. The highest BCUT2D eigenvalue weighted by Crippen LogP contribution is 2.46. The lowest BCUT2D eigenvalue weighted by Crippen LogP contribution is -2.36. The van der Waals surface area contributed by atoms with Crippen molar-refractivity contribution in [1.29, 1.82) is 0 Å². The first-order valence-electron chi connectivity index (χ1n) is 6.13. The average molecular weight is 221 g/mol. The molecule has 0 unspecified atom stereocenters. The van der Waals surface area contributed by atoms with Crippen LogP contribution in [0.3, 0.4) is 0 Å². The average Bonchev–Trinajstić information content (AvgIpc) is 2.82. The van der Waals surface area contributed by atoms with E-state index >= 15 is 0 Å². The van der Waals surface area contributed by atoms with Crippen LogP contribution in [0.5, 0.6) is 0 Å². The smallest absolute Gasteiger partial charge is 0.128 e. The van der Waals surface area contributed by atoms with Crippen molar-refractivity contribution >= 4 is 5.82 Å². The summed E-state index contributed by atoms with van der Waals surface area (Å²) in [6.07, 6.45) is 3.74. The molecule has 1 aromatic rings. The summed E-state index contributed by atoms with van der Waals surface area (Å²) in [6.45, 7) is 2.29. The molecule has 1 fully saturated rings. The Morgan fingerprint density at radius 2 is 2.31 bits per heavy atom. The Hall–Kier alpha value is -1.03. The molecule has 88 valence electrons. The highest BCUT2D eigenvalue weighted by atomic mass is 16.3.